The third-order valence-corrected chi connectivity index (χ3v) is 5.82. The highest BCUT2D eigenvalue weighted by atomic mass is 16.5. The minimum Gasteiger partial charge on any atom is -0.489 e. The highest BCUT2D eigenvalue weighted by Crippen LogP contribution is 2.34. The van der Waals surface area contributed by atoms with Crippen LogP contribution in [0.1, 0.15) is 54.4 Å². The lowest BCUT2D eigenvalue weighted by Crippen LogP contribution is -2.18. The Hall–Kier alpha value is -3.18. The van der Waals surface area contributed by atoms with Crippen LogP contribution in [0.4, 0.5) is 0 Å². The van der Waals surface area contributed by atoms with E-state index in [9.17, 15) is 4.79 Å². The van der Waals surface area contributed by atoms with E-state index in [4.69, 9.17) is 20.2 Å². The van der Waals surface area contributed by atoms with Gasteiger partial charge in [-0.25, -0.2) is 0 Å². The summed E-state index contributed by atoms with van der Waals surface area (Å²) in [6.45, 7) is 11.6. The molecule has 0 spiro atoms. The van der Waals surface area contributed by atoms with Gasteiger partial charge in [-0.1, -0.05) is 62.7 Å². The normalized spacial score (nSPS) is 11.4. The van der Waals surface area contributed by atoms with Crippen LogP contribution in [-0.4, -0.2) is 18.1 Å². The zero-order valence-corrected chi connectivity index (χ0v) is 21.2. The van der Waals surface area contributed by atoms with Gasteiger partial charge in [-0.2, -0.15) is 0 Å². The van der Waals surface area contributed by atoms with Crippen molar-refractivity contribution in [3.63, 3.8) is 0 Å². The predicted octanol–water partition coefficient (Wildman–Crippen LogP) is 5.71. The lowest BCUT2D eigenvalue weighted by atomic mass is 9.85. The average Bonchev–Trinajstić information content (AvgIpc) is 2.78. The first-order valence-electron chi connectivity index (χ1n) is 11.7. The molecular weight excluding hydrogens is 424 g/mol. The maximum absolute atomic E-state index is 11.5. The van der Waals surface area contributed by atoms with Crippen molar-refractivity contribution in [3.8, 4) is 16.9 Å². The molecule has 2 aromatic carbocycles. The second-order valence-corrected chi connectivity index (χ2v) is 9.97. The number of ether oxygens (including phenoxy) is 2. The summed E-state index contributed by atoms with van der Waals surface area (Å²) >= 11 is 0. The predicted molar refractivity (Wildman–Crippen MR) is 137 cm³/mol. The first-order valence-corrected chi connectivity index (χ1v) is 11.7. The molecule has 1 aromatic heterocycles. The third-order valence-electron chi connectivity index (χ3n) is 5.82. The Balaban J connectivity index is 1.99. The maximum atomic E-state index is 11.5. The molecule has 3 rings (SSSR count). The van der Waals surface area contributed by atoms with Crippen molar-refractivity contribution < 1.29 is 14.3 Å². The van der Waals surface area contributed by atoms with Crippen LogP contribution in [0.2, 0.25) is 0 Å². The van der Waals surface area contributed by atoms with Crippen LogP contribution in [0.3, 0.4) is 0 Å². The van der Waals surface area contributed by atoms with Gasteiger partial charge in [0.15, 0.2) is 0 Å². The van der Waals surface area contributed by atoms with Gasteiger partial charge in [-0.3, -0.25) is 9.78 Å². The molecule has 1 heterocycles. The van der Waals surface area contributed by atoms with Gasteiger partial charge in [-0.15, -0.1) is 0 Å². The lowest BCUT2D eigenvalue weighted by molar-refractivity contribution is -0.139. The first-order chi connectivity index (χ1) is 16.1. The second-order valence-electron chi connectivity index (χ2n) is 9.97. The Morgan fingerprint density at radius 1 is 0.971 bits per heavy atom. The molecule has 180 valence electrons. The Kier molecular flexibility index (Phi) is 8.11. The molecule has 0 saturated carbocycles. The number of carbonyl (C=O) groups is 1. The number of esters is 1. The molecule has 0 aliphatic rings. The number of benzene rings is 2. The highest BCUT2D eigenvalue weighted by molar-refractivity contribution is 5.73. The molecule has 0 aliphatic carbocycles. The fourth-order valence-corrected chi connectivity index (χ4v) is 4.06. The molecule has 0 fully saturated rings. The molecule has 0 saturated heterocycles. The van der Waals surface area contributed by atoms with E-state index in [1.165, 1.54) is 12.7 Å². The van der Waals surface area contributed by atoms with E-state index in [0.717, 1.165) is 51.4 Å². The largest absolute Gasteiger partial charge is 0.489 e. The highest BCUT2D eigenvalue weighted by Gasteiger charge is 2.22. The van der Waals surface area contributed by atoms with E-state index in [2.05, 4.69) is 52.0 Å². The standard InChI is InChI=1S/C29H36N2O3/c1-19-7-11-22(12-8-19)28-24(17-30)26(16-29(3,4)5)31-20(2)25(28)18-34-23-13-9-21(10-14-23)15-27(32)33-6/h7-14H,15-18,30H2,1-6H3. The number of hydrogen-bond donors (Lipinski definition) is 1. The van der Waals surface area contributed by atoms with Gasteiger partial charge >= 0.3 is 5.97 Å². The number of pyridine rings is 1. The summed E-state index contributed by atoms with van der Waals surface area (Å²) < 4.78 is 10.9. The van der Waals surface area contributed by atoms with Crippen molar-refractivity contribution in [1.82, 2.24) is 4.98 Å². The number of carbonyl (C=O) groups excluding carboxylic acids is 1. The fraction of sp³-hybridized carbons (Fsp3) is 0.379. The SMILES string of the molecule is COC(=O)Cc1ccc(OCc2c(C)nc(CC(C)(C)C)c(CN)c2-c2ccc(C)cc2)cc1. The third kappa shape index (κ3) is 6.45. The summed E-state index contributed by atoms with van der Waals surface area (Å²) in [5.41, 5.74) is 14.9. The van der Waals surface area contributed by atoms with Crippen LogP contribution in [0.25, 0.3) is 11.1 Å². The molecule has 0 aliphatic heterocycles. The van der Waals surface area contributed by atoms with Crippen molar-refractivity contribution in [2.24, 2.45) is 11.1 Å². The van der Waals surface area contributed by atoms with E-state index in [-0.39, 0.29) is 17.8 Å². The topological polar surface area (TPSA) is 74.4 Å². The van der Waals surface area contributed by atoms with Crippen LogP contribution in [0.15, 0.2) is 48.5 Å². The molecule has 2 N–H and O–H groups in total. The zero-order valence-electron chi connectivity index (χ0n) is 21.2. The van der Waals surface area contributed by atoms with E-state index < -0.39 is 0 Å². The fourth-order valence-electron chi connectivity index (χ4n) is 4.06. The molecule has 5 heteroatoms. The molecular formula is C29H36N2O3. The van der Waals surface area contributed by atoms with Crippen molar-refractivity contribution in [3.05, 3.63) is 82.2 Å². The van der Waals surface area contributed by atoms with E-state index in [1.807, 2.05) is 31.2 Å². The number of nitrogens with zero attached hydrogens (tertiary/aromatic N) is 1. The van der Waals surface area contributed by atoms with Crippen molar-refractivity contribution in [2.45, 2.75) is 60.6 Å². The Bertz CT molecular complexity index is 1130. The Labute approximate surface area is 203 Å². The summed E-state index contributed by atoms with van der Waals surface area (Å²) in [6.07, 6.45) is 1.09. The average molecular weight is 461 g/mol. The van der Waals surface area contributed by atoms with Gasteiger partial charge in [0.25, 0.3) is 0 Å². The van der Waals surface area contributed by atoms with Gasteiger partial charge in [0.1, 0.15) is 12.4 Å². The number of methoxy groups -OCH3 is 1. The van der Waals surface area contributed by atoms with Gasteiger partial charge in [0.05, 0.1) is 13.5 Å². The summed E-state index contributed by atoms with van der Waals surface area (Å²) in [4.78, 5) is 16.5. The lowest BCUT2D eigenvalue weighted by Gasteiger charge is -2.24. The molecule has 0 radical (unpaired) electrons. The minimum absolute atomic E-state index is 0.0951. The Morgan fingerprint density at radius 2 is 1.62 bits per heavy atom. The van der Waals surface area contributed by atoms with Crippen LogP contribution < -0.4 is 10.5 Å². The second kappa shape index (κ2) is 10.8. The number of hydrogen-bond acceptors (Lipinski definition) is 5. The number of nitrogens with two attached hydrogens (primary N) is 1. The van der Waals surface area contributed by atoms with Gasteiger partial charge < -0.3 is 15.2 Å². The minimum atomic E-state index is -0.261. The van der Waals surface area contributed by atoms with E-state index in [0.29, 0.717) is 13.2 Å². The van der Waals surface area contributed by atoms with Crippen LogP contribution in [0, 0.1) is 19.3 Å². The zero-order chi connectivity index (χ0) is 24.9. The summed E-state index contributed by atoms with van der Waals surface area (Å²) in [6, 6.07) is 16.1. The Morgan fingerprint density at radius 3 is 2.18 bits per heavy atom. The molecule has 3 aromatic rings. The maximum Gasteiger partial charge on any atom is 0.309 e. The number of aromatic nitrogens is 1. The van der Waals surface area contributed by atoms with E-state index in [1.54, 1.807) is 0 Å². The summed E-state index contributed by atoms with van der Waals surface area (Å²) in [5.74, 6) is 0.471. The van der Waals surface area contributed by atoms with Crippen molar-refractivity contribution >= 4 is 5.97 Å². The van der Waals surface area contributed by atoms with Crippen LogP contribution in [-0.2, 0) is 35.5 Å². The number of aryl methyl sites for hydroxylation is 2. The molecule has 0 amide bonds. The first kappa shape index (κ1) is 25.4. The molecule has 0 unspecified atom stereocenters. The van der Waals surface area contributed by atoms with Crippen molar-refractivity contribution in [2.75, 3.05) is 7.11 Å². The van der Waals surface area contributed by atoms with E-state index >= 15 is 0 Å². The smallest absolute Gasteiger partial charge is 0.309 e. The molecule has 0 bridgehead atoms. The molecule has 5 nitrogen and oxygen atoms in total. The van der Waals surface area contributed by atoms with Crippen LogP contribution in [0.5, 0.6) is 5.75 Å². The van der Waals surface area contributed by atoms with Gasteiger partial charge in [-0.05, 0) is 60.1 Å². The quantitative estimate of drug-likeness (QED) is 0.436. The molecule has 34 heavy (non-hydrogen) atoms. The van der Waals surface area contributed by atoms with Crippen molar-refractivity contribution in [1.29, 1.82) is 0 Å². The van der Waals surface area contributed by atoms with Crippen LogP contribution >= 0.6 is 0 Å². The van der Waals surface area contributed by atoms with Gasteiger partial charge in [0.2, 0.25) is 0 Å². The monoisotopic (exact) mass is 460 g/mol. The summed E-state index contributed by atoms with van der Waals surface area (Å²) in [5, 5.41) is 0. The summed E-state index contributed by atoms with van der Waals surface area (Å²) in [7, 11) is 1.39. The van der Waals surface area contributed by atoms with Gasteiger partial charge in [0, 0.05) is 23.5 Å². The number of rotatable bonds is 8. The molecule has 0 atom stereocenters.